The fourth-order valence-corrected chi connectivity index (χ4v) is 6.16. The Bertz CT molecular complexity index is 1480. The van der Waals surface area contributed by atoms with Crippen LogP contribution in [0.5, 0.6) is 5.75 Å². The molecule has 4 rings (SSSR count). The fraction of sp³-hybridized carbons (Fsp3) is 0.488. The lowest BCUT2D eigenvalue weighted by atomic mass is 9.86. The topological polar surface area (TPSA) is 91.0 Å². The third kappa shape index (κ3) is 12.0. The minimum absolute atomic E-state index is 0.0706. The van der Waals surface area contributed by atoms with Gasteiger partial charge in [0, 0.05) is 39.0 Å². The Balaban J connectivity index is 1.44. The summed E-state index contributed by atoms with van der Waals surface area (Å²) < 4.78 is 5.96. The Morgan fingerprint density at radius 3 is 2.18 bits per heavy atom. The number of benzene rings is 3. The molecular weight excluding hydrogens is 612 g/mol. The molecule has 0 aliphatic carbocycles. The molecule has 0 saturated carbocycles. The van der Waals surface area contributed by atoms with Gasteiger partial charge in [-0.05, 0) is 72.0 Å². The van der Waals surface area contributed by atoms with E-state index in [4.69, 9.17) is 4.74 Å². The Morgan fingerprint density at radius 1 is 0.898 bits per heavy atom. The number of rotatable bonds is 17. The normalized spacial score (nSPS) is 14.6. The number of carbonyl (C=O) groups is 3. The summed E-state index contributed by atoms with van der Waals surface area (Å²) in [4.78, 5) is 43.6. The summed E-state index contributed by atoms with van der Waals surface area (Å²) in [7, 11) is 1.98. The summed E-state index contributed by atoms with van der Waals surface area (Å²) in [6.07, 6.45) is 3.16. The second kappa shape index (κ2) is 18.0. The Morgan fingerprint density at radius 2 is 1.57 bits per heavy atom. The van der Waals surface area contributed by atoms with Crippen molar-refractivity contribution in [3.8, 4) is 5.75 Å². The smallest absolute Gasteiger partial charge is 0.242 e. The molecule has 1 fully saturated rings. The van der Waals surface area contributed by atoms with Gasteiger partial charge in [0.15, 0.2) is 0 Å². The zero-order valence-corrected chi connectivity index (χ0v) is 30.3. The number of carbonyl (C=O) groups excluding carboxylic acids is 3. The fourth-order valence-electron chi connectivity index (χ4n) is 6.16. The summed E-state index contributed by atoms with van der Waals surface area (Å²) in [5, 5.41) is 6.16. The Hall–Kier alpha value is -4.17. The molecule has 0 unspecified atom stereocenters. The largest absolute Gasteiger partial charge is 0.489 e. The van der Waals surface area contributed by atoms with Crippen molar-refractivity contribution in [1.82, 2.24) is 20.4 Å². The van der Waals surface area contributed by atoms with E-state index in [2.05, 4.69) is 74.4 Å². The van der Waals surface area contributed by atoms with Crippen LogP contribution in [0.15, 0.2) is 78.9 Å². The minimum atomic E-state index is -0.758. The number of hydrogen-bond donors (Lipinski definition) is 2. The zero-order chi connectivity index (χ0) is 35.4. The molecule has 2 N–H and O–H groups in total. The van der Waals surface area contributed by atoms with Crippen molar-refractivity contribution in [1.29, 1.82) is 0 Å². The lowest BCUT2D eigenvalue weighted by molar-refractivity contribution is -0.132. The van der Waals surface area contributed by atoms with Gasteiger partial charge in [-0.1, -0.05) is 101 Å². The average Bonchev–Trinajstić information content (AvgIpc) is 3.49. The summed E-state index contributed by atoms with van der Waals surface area (Å²) in [5.41, 5.74) is 4.48. The minimum Gasteiger partial charge on any atom is -0.489 e. The molecule has 264 valence electrons. The highest BCUT2D eigenvalue weighted by atomic mass is 16.5. The maximum atomic E-state index is 14.0. The Kier molecular flexibility index (Phi) is 13.8. The van der Waals surface area contributed by atoms with Crippen molar-refractivity contribution in [3.63, 3.8) is 0 Å². The first-order valence-electron chi connectivity index (χ1n) is 17.8. The van der Waals surface area contributed by atoms with Crippen molar-refractivity contribution in [3.05, 3.63) is 101 Å². The molecule has 3 aromatic rings. The highest BCUT2D eigenvalue weighted by Gasteiger charge is 2.29. The van der Waals surface area contributed by atoms with E-state index in [0.717, 1.165) is 35.4 Å². The van der Waals surface area contributed by atoms with Crippen LogP contribution in [-0.4, -0.2) is 66.3 Å². The molecule has 8 nitrogen and oxygen atoms in total. The summed E-state index contributed by atoms with van der Waals surface area (Å²) in [5.74, 6) is 0.814. The molecule has 49 heavy (non-hydrogen) atoms. The molecule has 1 aliphatic rings. The molecule has 0 spiro atoms. The predicted molar refractivity (Wildman–Crippen MR) is 196 cm³/mol. The summed E-state index contributed by atoms with van der Waals surface area (Å²) >= 11 is 0. The van der Waals surface area contributed by atoms with Gasteiger partial charge in [0.05, 0.1) is 6.04 Å². The molecule has 8 heteroatoms. The first kappa shape index (κ1) is 37.6. The third-order valence-electron chi connectivity index (χ3n) is 9.10. The van der Waals surface area contributed by atoms with Crippen molar-refractivity contribution < 1.29 is 19.1 Å². The van der Waals surface area contributed by atoms with Crippen LogP contribution in [0.25, 0.3) is 0 Å². The molecule has 0 bridgehead atoms. The second-order valence-electron chi connectivity index (χ2n) is 14.8. The Labute approximate surface area is 293 Å². The predicted octanol–water partition coefficient (Wildman–Crippen LogP) is 6.27. The van der Waals surface area contributed by atoms with Gasteiger partial charge in [0.1, 0.15) is 18.4 Å². The van der Waals surface area contributed by atoms with E-state index in [1.807, 2.05) is 66.5 Å². The van der Waals surface area contributed by atoms with Crippen LogP contribution < -0.4 is 15.4 Å². The van der Waals surface area contributed by atoms with E-state index in [1.54, 1.807) is 0 Å². The van der Waals surface area contributed by atoms with Crippen LogP contribution in [0, 0.1) is 5.92 Å². The lowest BCUT2D eigenvalue weighted by Gasteiger charge is -2.30. The molecule has 3 aromatic carbocycles. The number of hydrogen-bond acceptors (Lipinski definition) is 5. The quantitative estimate of drug-likeness (QED) is 0.166. The van der Waals surface area contributed by atoms with Crippen molar-refractivity contribution >= 4 is 17.7 Å². The monoisotopic (exact) mass is 668 g/mol. The lowest BCUT2D eigenvalue weighted by Crippen LogP contribution is -2.54. The zero-order valence-electron chi connectivity index (χ0n) is 30.3. The summed E-state index contributed by atoms with van der Waals surface area (Å²) in [6, 6.07) is 25.2. The third-order valence-corrected chi connectivity index (χ3v) is 9.10. The van der Waals surface area contributed by atoms with Gasteiger partial charge >= 0.3 is 0 Å². The molecule has 3 amide bonds. The van der Waals surface area contributed by atoms with Crippen LogP contribution in [0.3, 0.4) is 0 Å². The van der Waals surface area contributed by atoms with Crippen LogP contribution in [0.2, 0.25) is 0 Å². The van der Waals surface area contributed by atoms with E-state index < -0.39 is 12.1 Å². The van der Waals surface area contributed by atoms with E-state index in [-0.39, 0.29) is 29.1 Å². The van der Waals surface area contributed by atoms with Crippen LogP contribution in [0.1, 0.15) is 82.6 Å². The number of nitrogens with zero attached hydrogens (tertiary/aromatic N) is 2. The van der Waals surface area contributed by atoms with Crippen molar-refractivity contribution in [2.45, 2.75) is 97.4 Å². The second-order valence-corrected chi connectivity index (χ2v) is 14.8. The highest BCUT2D eigenvalue weighted by molar-refractivity contribution is 5.90. The van der Waals surface area contributed by atoms with E-state index in [0.29, 0.717) is 51.9 Å². The van der Waals surface area contributed by atoms with Gasteiger partial charge in [0.2, 0.25) is 17.7 Å². The molecule has 0 radical (unpaired) electrons. The van der Waals surface area contributed by atoms with Gasteiger partial charge in [-0.2, -0.15) is 0 Å². The van der Waals surface area contributed by atoms with Crippen LogP contribution in [-0.2, 0) is 39.4 Å². The number of amides is 3. The van der Waals surface area contributed by atoms with Gasteiger partial charge in [-0.3, -0.25) is 19.3 Å². The van der Waals surface area contributed by atoms with Crippen LogP contribution >= 0.6 is 0 Å². The van der Waals surface area contributed by atoms with E-state index in [1.165, 1.54) is 5.56 Å². The standard InChI is InChI=1S/C41H56N4O4/c1-30(2)26-37(44(6)28-32-15-19-34(20-16-32)41(3,4)5)40(48)43-36(39(47)42-23-11-25-45-24-10-14-38(45)46)27-31-17-21-35(22-18-31)49-29-33-12-8-7-9-13-33/h7-9,12-13,15-22,30,36-37H,10-11,14,23-29H2,1-6H3,(H,42,47)(H,43,48)/t36-,37+/m0/s1. The first-order chi connectivity index (χ1) is 23.4. The molecule has 1 aliphatic heterocycles. The number of likely N-dealkylation sites (tertiary alicyclic amines) is 1. The highest BCUT2D eigenvalue weighted by Crippen LogP contribution is 2.23. The van der Waals surface area contributed by atoms with Crippen LogP contribution in [0.4, 0.5) is 0 Å². The van der Waals surface area contributed by atoms with Gasteiger partial charge in [-0.15, -0.1) is 0 Å². The maximum Gasteiger partial charge on any atom is 0.242 e. The number of likely N-dealkylation sites (N-methyl/N-ethyl adjacent to an activating group) is 1. The number of nitrogens with one attached hydrogen (secondary N) is 2. The van der Waals surface area contributed by atoms with E-state index >= 15 is 0 Å². The maximum absolute atomic E-state index is 14.0. The number of ether oxygens (including phenoxy) is 1. The van der Waals surface area contributed by atoms with Gasteiger partial charge in [0.25, 0.3) is 0 Å². The van der Waals surface area contributed by atoms with E-state index in [9.17, 15) is 14.4 Å². The SMILES string of the molecule is CC(C)C[C@H](C(=O)N[C@@H](Cc1ccc(OCc2ccccc2)cc1)C(=O)NCCCN1CCCC1=O)N(C)Cc1ccc(C(C)(C)C)cc1. The molecule has 1 heterocycles. The van der Waals surface area contributed by atoms with Gasteiger partial charge < -0.3 is 20.3 Å². The molecule has 0 aromatic heterocycles. The summed E-state index contributed by atoms with van der Waals surface area (Å²) in [6.45, 7) is 13.8. The average molecular weight is 669 g/mol. The van der Waals surface area contributed by atoms with Crippen molar-refractivity contribution in [2.75, 3.05) is 26.7 Å². The molecular formula is C41H56N4O4. The van der Waals surface area contributed by atoms with Crippen molar-refractivity contribution in [2.24, 2.45) is 5.92 Å². The van der Waals surface area contributed by atoms with Gasteiger partial charge in [-0.25, -0.2) is 0 Å². The molecule has 1 saturated heterocycles. The first-order valence-corrected chi connectivity index (χ1v) is 17.8. The molecule has 2 atom stereocenters.